The Hall–Kier alpha value is -2.52. The molecule has 1 unspecified atom stereocenters. The molecule has 2 N–H and O–H groups in total. The van der Waals surface area contributed by atoms with Gasteiger partial charge in [-0.1, -0.05) is 24.6 Å². The molecule has 7 heteroatoms. The number of methoxy groups -OCH3 is 1. The number of carbonyl (C=O) groups is 1. The Morgan fingerprint density at radius 2 is 2.26 bits per heavy atom. The Labute approximate surface area is 137 Å². The highest BCUT2D eigenvalue weighted by atomic mass is 35.5. The Balaban J connectivity index is 2.80. The number of carbonyl (C=O) groups excluding carboxylic acids is 1. The lowest BCUT2D eigenvalue weighted by atomic mass is 9.82. The van der Waals surface area contributed by atoms with Crippen LogP contribution in [0.2, 0.25) is 5.02 Å². The van der Waals surface area contributed by atoms with Gasteiger partial charge >= 0.3 is 5.97 Å². The summed E-state index contributed by atoms with van der Waals surface area (Å²) in [5, 5.41) is 9.48. The smallest absolute Gasteiger partial charge is 0.338 e. The molecule has 0 aromatic heterocycles. The van der Waals surface area contributed by atoms with Crippen molar-refractivity contribution >= 4 is 17.6 Å². The van der Waals surface area contributed by atoms with Crippen LogP contribution < -0.4 is 5.73 Å². The number of allylic oxidation sites excluding steroid dienone is 2. The van der Waals surface area contributed by atoms with Crippen molar-refractivity contribution in [3.05, 3.63) is 57.4 Å². The third-order valence-electron chi connectivity index (χ3n) is 3.51. The summed E-state index contributed by atoms with van der Waals surface area (Å²) in [6, 6.07) is 5.98. The van der Waals surface area contributed by atoms with E-state index in [1.807, 2.05) is 6.07 Å². The van der Waals surface area contributed by atoms with E-state index in [9.17, 15) is 14.4 Å². The van der Waals surface area contributed by atoms with E-state index < -0.39 is 17.7 Å². The molecule has 0 fully saturated rings. The zero-order valence-corrected chi connectivity index (χ0v) is 13.3. The highest BCUT2D eigenvalue weighted by Crippen LogP contribution is 2.43. The number of hydrogen-bond donors (Lipinski definition) is 1. The molecule has 0 saturated heterocycles. The Bertz CT molecular complexity index is 745. The van der Waals surface area contributed by atoms with E-state index in [1.54, 1.807) is 6.92 Å². The first-order valence-corrected chi connectivity index (χ1v) is 7.16. The first-order valence-electron chi connectivity index (χ1n) is 6.79. The fraction of sp³-hybridized carbons (Fsp3) is 0.250. The van der Waals surface area contributed by atoms with Crippen LogP contribution >= 0.6 is 11.6 Å². The summed E-state index contributed by atoms with van der Waals surface area (Å²) in [4.78, 5) is 12.2. The lowest BCUT2D eigenvalue weighted by Gasteiger charge is -2.28. The summed E-state index contributed by atoms with van der Waals surface area (Å²) in [6.45, 7) is 1.74. The van der Waals surface area contributed by atoms with Crippen molar-refractivity contribution in [1.82, 2.24) is 0 Å². The molecule has 5 nitrogen and oxygen atoms in total. The van der Waals surface area contributed by atoms with Crippen LogP contribution in [-0.4, -0.2) is 13.1 Å². The molecule has 0 radical (unpaired) electrons. The summed E-state index contributed by atoms with van der Waals surface area (Å²) < 4.78 is 24.5. The lowest BCUT2D eigenvalue weighted by Crippen LogP contribution is -2.26. The standard InChI is InChI=1S/C16H14ClFN2O3/c1-3-11-14(16(21)22-2)12(8(7-19)15(20)23-11)13-9(17)5-4-6-10(13)18/h4-6,12H,3,20H2,1-2H3. The molecule has 1 aromatic rings. The van der Waals surface area contributed by atoms with Crippen LogP contribution in [0.1, 0.15) is 24.8 Å². The van der Waals surface area contributed by atoms with Gasteiger partial charge in [0, 0.05) is 17.0 Å². The van der Waals surface area contributed by atoms with Crippen molar-refractivity contribution in [3.63, 3.8) is 0 Å². The topological polar surface area (TPSA) is 85.3 Å². The van der Waals surface area contributed by atoms with Gasteiger partial charge in [0.15, 0.2) is 0 Å². The molecule has 0 bridgehead atoms. The second-order valence-electron chi connectivity index (χ2n) is 4.74. The van der Waals surface area contributed by atoms with Crippen molar-refractivity contribution < 1.29 is 18.7 Å². The van der Waals surface area contributed by atoms with Crippen LogP contribution in [0.5, 0.6) is 0 Å². The van der Waals surface area contributed by atoms with Crippen molar-refractivity contribution in [2.24, 2.45) is 5.73 Å². The van der Waals surface area contributed by atoms with E-state index in [-0.39, 0.29) is 33.4 Å². The van der Waals surface area contributed by atoms with Gasteiger partial charge in [-0.25, -0.2) is 9.18 Å². The maximum absolute atomic E-state index is 14.4. The van der Waals surface area contributed by atoms with Crippen LogP contribution in [0.3, 0.4) is 0 Å². The second-order valence-corrected chi connectivity index (χ2v) is 5.15. The SMILES string of the molecule is CCC1=C(C(=O)OC)C(c2c(F)cccc2Cl)C(C#N)=C(N)O1. The summed E-state index contributed by atoms with van der Waals surface area (Å²) >= 11 is 6.11. The number of nitrogens with two attached hydrogens (primary N) is 1. The molecule has 0 saturated carbocycles. The highest BCUT2D eigenvalue weighted by Gasteiger charge is 2.39. The minimum Gasteiger partial charge on any atom is -0.466 e. The molecule has 1 aromatic carbocycles. The lowest BCUT2D eigenvalue weighted by molar-refractivity contribution is -0.136. The van der Waals surface area contributed by atoms with E-state index >= 15 is 0 Å². The number of hydrogen-bond acceptors (Lipinski definition) is 5. The number of nitriles is 1. The number of halogens is 2. The van der Waals surface area contributed by atoms with Gasteiger partial charge in [0.1, 0.15) is 23.2 Å². The summed E-state index contributed by atoms with van der Waals surface area (Å²) in [6.07, 6.45) is 0.312. The molecular formula is C16H14ClFN2O3. The third kappa shape index (κ3) is 2.88. The maximum atomic E-state index is 14.4. The predicted octanol–water partition coefficient (Wildman–Crippen LogP) is 3.12. The fourth-order valence-corrected chi connectivity index (χ4v) is 2.76. The Morgan fingerprint density at radius 1 is 1.57 bits per heavy atom. The van der Waals surface area contributed by atoms with Crippen molar-refractivity contribution in [2.75, 3.05) is 7.11 Å². The molecular weight excluding hydrogens is 323 g/mol. The summed E-state index contributed by atoms with van der Waals surface area (Å²) in [7, 11) is 1.19. The van der Waals surface area contributed by atoms with E-state index in [0.29, 0.717) is 6.42 Å². The van der Waals surface area contributed by atoms with Crippen LogP contribution in [0.25, 0.3) is 0 Å². The van der Waals surface area contributed by atoms with Gasteiger partial charge in [-0.3, -0.25) is 0 Å². The van der Waals surface area contributed by atoms with E-state index in [0.717, 1.165) is 0 Å². The third-order valence-corrected chi connectivity index (χ3v) is 3.84. The van der Waals surface area contributed by atoms with Gasteiger partial charge in [-0.05, 0) is 12.1 Å². The van der Waals surface area contributed by atoms with Gasteiger partial charge in [0.05, 0.1) is 18.6 Å². The van der Waals surface area contributed by atoms with E-state index in [4.69, 9.17) is 26.8 Å². The molecule has 1 heterocycles. The zero-order chi connectivity index (χ0) is 17.1. The van der Waals surface area contributed by atoms with Crippen molar-refractivity contribution in [3.8, 4) is 6.07 Å². The summed E-state index contributed by atoms with van der Waals surface area (Å²) in [5.74, 6) is -2.42. The monoisotopic (exact) mass is 336 g/mol. The molecule has 1 aliphatic rings. The summed E-state index contributed by atoms with van der Waals surface area (Å²) in [5.41, 5.74) is 5.69. The highest BCUT2D eigenvalue weighted by molar-refractivity contribution is 6.31. The number of benzene rings is 1. The number of nitrogens with zero attached hydrogens (tertiary/aromatic N) is 1. The Morgan fingerprint density at radius 3 is 2.78 bits per heavy atom. The van der Waals surface area contributed by atoms with E-state index in [2.05, 4.69) is 0 Å². The first-order chi connectivity index (χ1) is 11.0. The molecule has 0 amide bonds. The molecule has 0 spiro atoms. The van der Waals surface area contributed by atoms with Crippen LogP contribution in [0.15, 0.2) is 41.0 Å². The average Bonchev–Trinajstić information content (AvgIpc) is 2.53. The molecule has 1 atom stereocenters. The molecule has 23 heavy (non-hydrogen) atoms. The quantitative estimate of drug-likeness (QED) is 0.857. The average molecular weight is 337 g/mol. The predicted molar refractivity (Wildman–Crippen MR) is 81.4 cm³/mol. The normalized spacial score (nSPS) is 17.6. The van der Waals surface area contributed by atoms with E-state index in [1.165, 1.54) is 25.3 Å². The van der Waals surface area contributed by atoms with Crippen molar-refractivity contribution in [1.29, 1.82) is 5.26 Å². The minimum absolute atomic E-state index is 0.0108. The number of esters is 1. The van der Waals surface area contributed by atoms with Crippen LogP contribution in [-0.2, 0) is 14.3 Å². The number of rotatable bonds is 3. The van der Waals surface area contributed by atoms with Crippen molar-refractivity contribution in [2.45, 2.75) is 19.3 Å². The first kappa shape index (κ1) is 16.8. The zero-order valence-electron chi connectivity index (χ0n) is 12.5. The largest absolute Gasteiger partial charge is 0.466 e. The molecule has 120 valence electrons. The van der Waals surface area contributed by atoms with Crippen LogP contribution in [0, 0.1) is 17.1 Å². The molecule has 0 aliphatic carbocycles. The van der Waals surface area contributed by atoms with Gasteiger partial charge in [0.25, 0.3) is 0 Å². The minimum atomic E-state index is -1.08. The van der Waals surface area contributed by atoms with Gasteiger partial charge in [-0.15, -0.1) is 0 Å². The van der Waals surface area contributed by atoms with Gasteiger partial charge < -0.3 is 15.2 Å². The Kier molecular flexibility index (Phi) is 4.92. The number of ether oxygens (including phenoxy) is 2. The van der Waals surface area contributed by atoms with Gasteiger partial charge in [-0.2, -0.15) is 5.26 Å². The molecule has 2 rings (SSSR count). The molecule has 1 aliphatic heterocycles. The fourth-order valence-electron chi connectivity index (χ4n) is 2.49. The van der Waals surface area contributed by atoms with Crippen LogP contribution in [0.4, 0.5) is 4.39 Å². The van der Waals surface area contributed by atoms with Gasteiger partial charge in [0.2, 0.25) is 5.88 Å². The second kappa shape index (κ2) is 6.71. The maximum Gasteiger partial charge on any atom is 0.338 e.